The lowest BCUT2D eigenvalue weighted by molar-refractivity contribution is 1.16. The molecular formula is C11H8BrCl2NS. The van der Waals surface area contributed by atoms with Gasteiger partial charge in [-0.05, 0) is 34.5 Å². The van der Waals surface area contributed by atoms with E-state index < -0.39 is 0 Å². The molecule has 5 heteroatoms. The van der Waals surface area contributed by atoms with Gasteiger partial charge < -0.3 is 5.32 Å². The summed E-state index contributed by atoms with van der Waals surface area (Å²) < 4.78 is 0.878. The minimum atomic E-state index is 0.620. The number of hydrogen-bond acceptors (Lipinski definition) is 2. The van der Waals surface area contributed by atoms with Crippen LogP contribution in [0.1, 0.15) is 5.56 Å². The van der Waals surface area contributed by atoms with Crippen molar-refractivity contribution in [1.82, 2.24) is 0 Å². The van der Waals surface area contributed by atoms with E-state index in [1.807, 2.05) is 17.5 Å². The van der Waals surface area contributed by atoms with E-state index in [2.05, 4.69) is 32.7 Å². The molecule has 0 spiro atoms. The Labute approximate surface area is 117 Å². The third-order valence-electron chi connectivity index (χ3n) is 2.06. The molecule has 84 valence electrons. The van der Waals surface area contributed by atoms with Crippen LogP contribution in [0.15, 0.2) is 33.4 Å². The predicted molar refractivity (Wildman–Crippen MR) is 75.8 cm³/mol. The van der Waals surface area contributed by atoms with Crippen molar-refractivity contribution in [3.05, 3.63) is 49.0 Å². The number of anilines is 1. The fourth-order valence-corrected chi connectivity index (χ4v) is 3.31. The number of nitrogens with one attached hydrogen (secondary N) is 1. The summed E-state index contributed by atoms with van der Waals surface area (Å²) in [4.78, 5) is 0. The molecule has 2 aromatic rings. The van der Waals surface area contributed by atoms with Gasteiger partial charge in [-0.15, -0.1) is 0 Å². The fraction of sp³-hybridized carbons (Fsp3) is 0.0909. The Balaban J connectivity index is 2.15. The highest BCUT2D eigenvalue weighted by molar-refractivity contribution is 9.10. The summed E-state index contributed by atoms with van der Waals surface area (Å²) in [5.74, 6) is 0. The number of rotatable bonds is 3. The molecule has 0 saturated heterocycles. The normalized spacial score (nSPS) is 10.4. The maximum Gasteiger partial charge on any atom is 0.0722 e. The van der Waals surface area contributed by atoms with Crippen LogP contribution in [0.4, 0.5) is 5.69 Å². The highest BCUT2D eigenvalue weighted by atomic mass is 79.9. The Morgan fingerprint density at radius 3 is 2.50 bits per heavy atom. The number of benzene rings is 1. The first-order chi connectivity index (χ1) is 7.66. The largest absolute Gasteiger partial charge is 0.379 e. The standard InChI is InChI=1S/C11H8BrCl2NS/c12-8-3-9(13)11(10(14)4-8)15-5-7-1-2-16-6-7/h1-4,6,15H,5H2. The van der Waals surface area contributed by atoms with Crippen LogP contribution < -0.4 is 5.32 Å². The van der Waals surface area contributed by atoms with Gasteiger partial charge in [-0.3, -0.25) is 0 Å². The van der Waals surface area contributed by atoms with Gasteiger partial charge in [0.05, 0.1) is 15.7 Å². The van der Waals surface area contributed by atoms with Crippen molar-refractivity contribution in [3.8, 4) is 0 Å². The van der Waals surface area contributed by atoms with E-state index in [9.17, 15) is 0 Å². The fourth-order valence-electron chi connectivity index (χ4n) is 1.29. The third-order valence-corrected chi connectivity index (χ3v) is 3.84. The Morgan fingerprint density at radius 2 is 1.94 bits per heavy atom. The van der Waals surface area contributed by atoms with Crippen LogP contribution in [0, 0.1) is 0 Å². The number of halogens is 3. The zero-order valence-corrected chi connectivity index (χ0v) is 12.1. The second-order valence-electron chi connectivity index (χ2n) is 3.23. The van der Waals surface area contributed by atoms with Crippen molar-refractivity contribution < 1.29 is 0 Å². The highest BCUT2D eigenvalue weighted by Crippen LogP contribution is 2.34. The Bertz CT molecular complexity index is 462. The maximum absolute atomic E-state index is 6.10. The van der Waals surface area contributed by atoms with Crippen molar-refractivity contribution in [1.29, 1.82) is 0 Å². The molecule has 0 radical (unpaired) electrons. The molecule has 0 unspecified atom stereocenters. The topological polar surface area (TPSA) is 12.0 Å². The van der Waals surface area contributed by atoms with Gasteiger partial charge in [0.2, 0.25) is 0 Å². The summed E-state index contributed by atoms with van der Waals surface area (Å²) in [7, 11) is 0. The molecule has 16 heavy (non-hydrogen) atoms. The van der Waals surface area contributed by atoms with Crippen molar-refractivity contribution in [3.63, 3.8) is 0 Å². The van der Waals surface area contributed by atoms with E-state index in [1.165, 1.54) is 5.56 Å². The summed E-state index contributed by atoms with van der Waals surface area (Å²) in [6, 6.07) is 5.71. The second-order valence-corrected chi connectivity index (χ2v) is 5.74. The molecule has 1 heterocycles. The van der Waals surface area contributed by atoms with E-state index in [1.54, 1.807) is 11.3 Å². The van der Waals surface area contributed by atoms with Crippen molar-refractivity contribution >= 4 is 56.2 Å². The zero-order valence-electron chi connectivity index (χ0n) is 8.14. The van der Waals surface area contributed by atoms with E-state index in [0.717, 1.165) is 16.7 Å². The van der Waals surface area contributed by atoms with Crippen LogP contribution in [-0.2, 0) is 6.54 Å². The first-order valence-corrected chi connectivity index (χ1v) is 7.05. The van der Waals surface area contributed by atoms with Gasteiger partial charge in [-0.2, -0.15) is 11.3 Å². The van der Waals surface area contributed by atoms with E-state index >= 15 is 0 Å². The molecule has 0 atom stereocenters. The lowest BCUT2D eigenvalue weighted by Gasteiger charge is -2.10. The van der Waals surface area contributed by atoms with Crippen LogP contribution >= 0.6 is 50.5 Å². The molecule has 0 fully saturated rings. The molecule has 0 aliphatic heterocycles. The van der Waals surface area contributed by atoms with Gasteiger partial charge in [-0.1, -0.05) is 39.1 Å². The summed E-state index contributed by atoms with van der Waals surface area (Å²) in [6.07, 6.45) is 0. The molecule has 0 bridgehead atoms. The minimum absolute atomic E-state index is 0.620. The van der Waals surface area contributed by atoms with Crippen molar-refractivity contribution in [2.75, 3.05) is 5.32 Å². The highest BCUT2D eigenvalue weighted by Gasteiger charge is 2.07. The zero-order chi connectivity index (χ0) is 11.5. The van der Waals surface area contributed by atoms with Crippen LogP contribution in [-0.4, -0.2) is 0 Å². The van der Waals surface area contributed by atoms with Crippen LogP contribution in [0.5, 0.6) is 0 Å². The monoisotopic (exact) mass is 335 g/mol. The SMILES string of the molecule is Clc1cc(Br)cc(Cl)c1NCc1ccsc1. The molecule has 1 N–H and O–H groups in total. The van der Waals surface area contributed by atoms with Crippen LogP contribution in [0.3, 0.4) is 0 Å². The molecule has 1 aromatic heterocycles. The van der Waals surface area contributed by atoms with Gasteiger partial charge >= 0.3 is 0 Å². The van der Waals surface area contributed by atoms with E-state index in [0.29, 0.717) is 10.0 Å². The lowest BCUT2D eigenvalue weighted by Crippen LogP contribution is -1.99. The molecule has 1 aromatic carbocycles. The summed E-state index contributed by atoms with van der Waals surface area (Å²) in [5.41, 5.74) is 2.00. The summed E-state index contributed by atoms with van der Waals surface area (Å²) in [5, 5.41) is 8.61. The Kier molecular flexibility index (Phi) is 4.14. The molecule has 0 saturated carbocycles. The summed E-state index contributed by atoms with van der Waals surface area (Å²) >= 11 is 17.2. The molecule has 0 amide bonds. The predicted octanol–water partition coefficient (Wildman–Crippen LogP) is 5.43. The third kappa shape index (κ3) is 2.92. The van der Waals surface area contributed by atoms with Crippen LogP contribution in [0.25, 0.3) is 0 Å². The second kappa shape index (κ2) is 5.41. The van der Waals surface area contributed by atoms with Crippen molar-refractivity contribution in [2.24, 2.45) is 0 Å². The average Bonchev–Trinajstić information content (AvgIpc) is 2.68. The molecule has 0 aliphatic carbocycles. The lowest BCUT2D eigenvalue weighted by atomic mass is 10.3. The average molecular weight is 337 g/mol. The van der Waals surface area contributed by atoms with Gasteiger partial charge in [-0.25, -0.2) is 0 Å². The van der Waals surface area contributed by atoms with Gasteiger partial charge in [0.1, 0.15) is 0 Å². The number of thiophene rings is 1. The van der Waals surface area contributed by atoms with Gasteiger partial charge in [0, 0.05) is 11.0 Å². The molecule has 0 aliphatic rings. The van der Waals surface area contributed by atoms with Gasteiger partial charge in [0.25, 0.3) is 0 Å². The first kappa shape index (κ1) is 12.2. The quantitative estimate of drug-likeness (QED) is 0.788. The maximum atomic E-state index is 6.10. The minimum Gasteiger partial charge on any atom is -0.379 e. The van der Waals surface area contributed by atoms with E-state index in [4.69, 9.17) is 23.2 Å². The first-order valence-electron chi connectivity index (χ1n) is 4.56. The molecular weight excluding hydrogens is 329 g/mol. The van der Waals surface area contributed by atoms with E-state index in [-0.39, 0.29) is 0 Å². The van der Waals surface area contributed by atoms with Crippen LogP contribution in [0.2, 0.25) is 10.0 Å². The smallest absolute Gasteiger partial charge is 0.0722 e. The number of hydrogen-bond donors (Lipinski definition) is 1. The Hall–Kier alpha value is -0.220. The van der Waals surface area contributed by atoms with Crippen molar-refractivity contribution in [2.45, 2.75) is 6.54 Å². The Morgan fingerprint density at radius 1 is 1.25 bits per heavy atom. The molecule has 1 nitrogen and oxygen atoms in total. The summed E-state index contributed by atoms with van der Waals surface area (Å²) in [6.45, 7) is 0.727. The van der Waals surface area contributed by atoms with Gasteiger partial charge in [0.15, 0.2) is 0 Å². The molecule has 2 rings (SSSR count).